The maximum Gasteiger partial charge on any atom is 0.164 e. The molecule has 0 saturated heterocycles. The third-order valence-corrected chi connectivity index (χ3v) is 3.54. The molecule has 2 atom stereocenters. The highest BCUT2D eigenvalue weighted by molar-refractivity contribution is 5.44. The zero-order chi connectivity index (χ0) is 16.5. The Hall–Kier alpha value is -1.33. The Morgan fingerprint density at radius 3 is 2.23 bits per heavy atom. The second-order valence-corrected chi connectivity index (χ2v) is 5.31. The summed E-state index contributed by atoms with van der Waals surface area (Å²) >= 11 is 0. The van der Waals surface area contributed by atoms with Crippen LogP contribution < -0.4 is 15.2 Å². The number of rotatable bonds is 10. The number of ether oxygens (including phenoxy) is 2. The average molecular weight is 313 g/mol. The number of halogens is 1. The fourth-order valence-electron chi connectivity index (χ4n) is 2.35. The van der Waals surface area contributed by atoms with Gasteiger partial charge in [-0.25, -0.2) is 4.39 Å². The quantitative estimate of drug-likeness (QED) is 0.697. The van der Waals surface area contributed by atoms with E-state index in [1.807, 2.05) is 20.8 Å². The van der Waals surface area contributed by atoms with Crippen molar-refractivity contribution in [1.29, 1.82) is 0 Å². The van der Waals surface area contributed by atoms with Crippen molar-refractivity contribution in [1.82, 2.24) is 0 Å². The van der Waals surface area contributed by atoms with Gasteiger partial charge in [0.05, 0.1) is 19.3 Å². The van der Waals surface area contributed by atoms with Crippen LogP contribution in [0.25, 0.3) is 0 Å². The van der Waals surface area contributed by atoms with E-state index in [0.717, 1.165) is 12.8 Å². The van der Waals surface area contributed by atoms with Crippen molar-refractivity contribution < 1.29 is 19.0 Å². The molecule has 0 fully saturated rings. The van der Waals surface area contributed by atoms with Gasteiger partial charge in [-0.3, -0.25) is 0 Å². The van der Waals surface area contributed by atoms with Crippen molar-refractivity contribution in [2.45, 2.75) is 58.6 Å². The largest absolute Gasteiger partial charge is 0.490 e. The minimum Gasteiger partial charge on any atom is -0.490 e. The lowest BCUT2D eigenvalue weighted by Gasteiger charge is -2.19. The number of aliphatic hydroxyl groups is 1. The zero-order valence-corrected chi connectivity index (χ0v) is 13.8. The molecule has 1 aromatic carbocycles. The van der Waals surface area contributed by atoms with Gasteiger partial charge in [0.25, 0.3) is 0 Å². The monoisotopic (exact) mass is 313 g/mol. The Labute approximate surface area is 132 Å². The summed E-state index contributed by atoms with van der Waals surface area (Å²) in [5, 5.41) is 10.0. The van der Waals surface area contributed by atoms with Gasteiger partial charge in [-0.1, -0.05) is 13.3 Å². The van der Waals surface area contributed by atoms with Crippen LogP contribution in [0.1, 0.15) is 45.6 Å². The van der Waals surface area contributed by atoms with E-state index >= 15 is 0 Å². The van der Waals surface area contributed by atoms with Crippen LogP contribution in [0.2, 0.25) is 0 Å². The summed E-state index contributed by atoms with van der Waals surface area (Å²) in [6, 6.07) is 2.74. The van der Waals surface area contributed by atoms with E-state index in [0.29, 0.717) is 43.1 Å². The second kappa shape index (κ2) is 9.64. The van der Waals surface area contributed by atoms with Gasteiger partial charge >= 0.3 is 0 Å². The topological polar surface area (TPSA) is 64.7 Å². The summed E-state index contributed by atoms with van der Waals surface area (Å²) in [6.07, 6.45) is 1.90. The molecule has 0 aromatic heterocycles. The van der Waals surface area contributed by atoms with E-state index in [-0.39, 0.29) is 11.9 Å². The maximum atomic E-state index is 14.1. The van der Waals surface area contributed by atoms with Gasteiger partial charge in [-0.05, 0) is 44.7 Å². The van der Waals surface area contributed by atoms with Crippen molar-refractivity contribution >= 4 is 0 Å². The van der Waals surface area contributed by atoms with Crippen molar-refractivity contribution in [2.75, 3.05) is 13.2 Å². The van der Waals surface area contributed by atoms with Gasteiger partial charge in [-0.15, -0.1) is 0 Å². The number of hydrogen-bond donors (Lipinski definition) is 2. The number of aliphatic hydroxyl groups excluding tert-OH is 1. The van der Waals surface area contributed by atoms with Gasteiger partial charge in [-0.2, -0.15) is 0 Å². The molecule has 0 heterocycles. The SMILES string of the molecule is CCCC(N)C(O)CCc1cc(OCC)c(OCC)cc1F. The number of nitrogens with two attached hydrogens (primary N) is 1. The van der Waals surface area contributed by atoms with Crippen molar-refractivity contribution in [3.8, 4) is 11.5 Å². The Kier molecular flexibility index (Phi) is 8.20. The molecule has 4 nitrogen and oxygen atoms in total. The Morgan fingerprint density at radius 1 is 1.09 bits per heavy atom. The molecule has 0 aliphatic heterocycles. The first kappa shape index (κ1) is 18.7. The standard InChI is InChI=1S/C17H28FNO3/c1-4-7-14(19)15(20)9-8-12-10-16(21-5-2)17(22-6-3)11-13(12)18/h10-11,14-15,20H,4-9,19H2,1-3H3. The van der Waals surface area contributed by atoms with Gasteiger partial charge in [0.2, 0.25) is 0 Å². The van der Waals surface area contributed by atoms with E-state index in [1.54, 1.807) is 6.07 Å². The van der Waals surface area contributed by atoms with E-state index in [2.05, 4.69) is 0 Å². The fourth-order valence-corrected chi connectivity index (χ4v) is 2.35. The van der Waals surface area contributed by atoms with Gasteiger partial charge in [0, 0.05) is 12.1 Å². The smallest absolute Gasteiger partial charge is 0.164 e. The molecule has 1 aromatic rings. The fraction of sp³-hybridized carbons (Fsp3) is 0.647. The predicted molar refractivity (Wildman–Crippen MR) is 85.9 cm³/mol. The summed E-state index contributed by atoms with van der Waals surface area (Å²) in [4.78, 5) is 0. The molecule has 0 spiro atoms. The molecule has 126 valence electrons. The van der Waals surface area contributed by atoms with Crippen molar-refractivity contribution in [3.63, 3.8) is 0 Å². The van der Waals surface area contributed by atoms with Crippen LogP contribution in [-0.4, -0.2) is 30.5 Å². The van der Waals surface area contributed by atoms with Crippen LogP contribution in [0.4, 0.5) is 4.39 Å². The first-order valence-corrected chi connectivity index (χ1v) is 8.05. The highest BCUT2D eigenvalue weighted by atomic mass is 19.1. The first-order valence-electron chi connectivity index (χ1n) is 8.05. The molecule has 0 radical (unpaired) electrons. The predicted octanol–water partition coefficient (Wildman–Crippen LogP) is 3.04. The molecular weight excluding hydrogens is 285 g/mol. The molecule has 2 unspecified atom stereocenters. The Morgan fingerprint density at radius 2 is 1.68 bits per heavy atom. The number of aryl methyl sites for hydroxylation is 1. The van der Waals surface area contributed by atoms with E-state index in [9.17, 15) is 9.50 Å². The van der Waals surface area contributed by atoms with E-state index in [1.165, 1.54) is 6.07 Å². The molecule has 0 amide bonds. The Balaban J connectivity index is 2.79. The highest BCUT2D eigenvalue weighted by Crippen LogP contribution is 2.31. The minimum atomic E-state index is -0.624. The molecular formula is C17H28FNO3. The van der Waals surface area contributed by atoms with Gasteiger partial charge in [0.15, 0.2) is 11.5 Å². The first-order chi connectivity index (χ1) is 10.5. The lowest BCUT2D eigenvalue weighted by Crippen LogP contribution is -2.34. The Bertz CT molecular complexity index is 454. The van der Waals surface area contributed by atoms with Crippen LogP contribution in [0.15, 0.2) is 12.1 Å². The van der Waals surface area contributed by atoms with Crippen LogP contribution in [0.5, 0.6) is 11.5 Å². The highest BCUT2D eigenvalue weighted by Gasteiger charge is 2.17. The molecule has 3 N–H and O–H groups in total. The minimum absolute atomic E-state index is 0.262. The van der Waals surface area contributed by atoms with E-state index in [4.69, 9.17) is 15.2 Å². The molecule has 1 rings (SSSR count). The van der Waals surface area contributed by atoms with Gasteiger partial charge < -0.3 is 20.3 Å². The third kappa shape index (κ3) is 5.46. The van der Waals surface area contributed by atoms with Crippen LogP contribution in [0.3, 0.4) is 0 Å². The average Bonchev–Trinajstić information content (AvgIpc) is 2.49. The number of hydrogen-bond acceptors (Lipinski definition) is 4. The van der Waals surface area contributed by atoms with Crippen LogP contribution in [-0.2, 0) is 6.42 Å². The summed E-state index contributed by atoms with van der Waals surface area (Å²) in [6.45, 7) is 6.66. The summed E-state index contributed by atoms with van der Waals surface area (Å²) < 4.78 is 25.0. The lowest BCUT2D eigenvalue weighted by molar-refractivity contribution is 0.130. The van der Waals surface area contributed by atoms with Crippen molar-refractivity contribution in [3.05, 3.63) is 23.5 Å². The van der Waals surface area contributed by atoms with Crippen LogP contribution >= 0.6 is 0 Å². The van der Waals surface area contributed by atoms with Crippen LogP contribution in [0, 0.1) is 5.82 Å². The summed E-state index contributed by atoms with van der Waals surface area (Å²) in [7, 11) is 0. The third-order valence-electron chi connectivity index (χ3n) is 3.54. The number of benzene rings is 1. The van der Waals surface area contributed by atoms with Gasteiger partial charge in [0.1, 0.15) is 5.82 Å². The molecule has 0 bridgehead atoms. The normalized spacial score (nSPS) is 13.7. The molecule has 0 aliphatic carbocycles. The molecule has 22 heavy (non-hydrogen) atoms. The van der Waals surface area contributed by atoms with E-state index < -0.39 is 6.10 Å². The summed E-state index contributed by atoms with van der Waals surface area (Å²) in [5.74, 6) is 0.602. The van der Waals surface area contributed by atoms with Crippen molar-refractivity contribution in [2.24, 2.45) is 5.73 Å². The second-order valence-electron chi connectivity index (χ2n) is 5.31. The molecule has 0 saturated carbocycles. The molecule has 5 heteroatoms. The summed E-state index contributed by atoms with van der Waals surface area (Å²) in [5.41, 5.74) is 6.39. The maximum absolute atomic E-state index is 14.1. The zero-order valence-electron chi connectivity index (χ0n) is 13.8. The lowest BCUT2D eigenvalue weighted by atomic mass is 9.99. The molecule has 0 aliphatic rings.